The molecule has 3 rings (SSSR count). The molecule has 5 heteroatoms. The van der Waals surface area contributed by atoms with Gasteiger partial charge in [0, 0.05) is 36.1 Å². The highest BCUT2D eigenvalue weighted by Gasteiger charge is 2.25. The number of aryl methyl sites for hydroxylation is 2. The van der Waals surface area contributed by atoms with Gasteiger partial charge in [0.25, 0.3) is 0 Å². The van der Waals surface area contributed by atoms with Gasteiger partial charge < -0.3 is 4.90 Å². The smallest absolute Gasteiger partial charge is 0.132 e. The molecule has 1 fully saturated rings. The highest BCUT2D eigenvalue weighted by molar-refractivity contribution is 7.09. The van der Waals surface area contributed by atoms with E-state index in [0.29, 0.717) is 11.8 Å². The topological polar surface area (TPSA) is 41.9 Å². The standard InChI is InChI=1S/C18H26N4S/c1-5-15-9-17(20-13(4)19-15)22-8-6-7-14(10-22)18-21-16(11-23-18)12(2)3/h9,11-12,14H,5-8,10H2,1-4H3. The van der Waals surface area contributed by atoms with Gasteiger partial charge in [0.1, 0.15) is 11.6 Å². The Hall–Kier alpha value is -1.49. The number of nitrogens with zero attached hydrogens (tertiary/aromatic N) is 4. The maximum Gasteiger partial charge on any atom is 0.132 e. The van der Waals surface area contributed by atoms with Crippen LogP contribution in [-0.4, -0.2) is 28.0 Å². The second-order valence-corrected chi connectivity index (χ2v) is 7.56. The first-order valence-electron chi connectivity index (χ1n) is 8.61. The van der Waals surface area contributed by atoms with E-state index in [-0.39, 0.29) is 0 Å². The minimum absolute atomic E-state index is 0.510. The highest BCUT2D eigenvalue weighted by atomic mass is 32.1. The van der Waals surface area contributed by atoms with Crippen molar-refractivity contribution in [3.8, 4) is 0 Å². The molecule has 3 heterocycles. The van der Waals surface area contributed by atoms with Crippen LogP contribution in [0.25, 0.3) is 0 Å². The Morgan fingerprint density at radius 3 is 2.83 bits per heavy atom. The van der Waals surface area contributed by atoms with E-state index in [1.807, 2.05) is 18.3 Å². The van der Waals surface area contributed by atoms with Crippen molar-refractivity contribution in [2.75, 3.05) is 18.0 Å². The van der Waals surface area contributed by atoms with E-state index < -0.39 is 0 Å². The van der Waals surface area contributed by atoms with E-state index in [4.69, 9.17) is 4.98 Å². The first-order valence-corrected chi connectivity index (χ1v) is 9.49. The summed E-state index contributed by atoms with van der Waals surface area (Å²) in [6.45, 7) is 10.7. The average Bonchev–Trinajstić information content (AvgIpc) is 3.04. The molecular weight excluding hydrogens is 304 g/mol. The van der Waals surface area contributed by atoms with Crippen LogP contribution in [0.1, 0.15) is 67.7 Å². The van der Waals surface area contributed by atoms with Gasteiger partial charge in [-0.05, 0) is 32.1 Å². The van der Waals surface area contributed by atoms with Crippen molar-refractivity contribution in [1.29, 1.82) is 0 Å². The predicted octanol–water partition coefficient (Wildman–Crippen LogP) is 4.31. The number of rotatable bonds is 4. The van der Waals surface area contributed by atoms with Crippen molar-refractivity contribution in [2.24, 2.45) is 0 Å². The molecule has 1 saturated heterocycles. The molecule has 1 unspecified atom stereocenters. The van der Waals surface area contributed by atoms with Crippen molar-refractivity contribution >= 4 is 17.2 Å². The maximum atomic E-state index is 4.87. The normalized spacial score (nSPS) is 18.7. The maximum absolute atomic E-state index is 4.87. The molecule has 0 bridgehead atoms. The summed E-state index contributed by atoms with van der Waals surface area (Å²) in [4.78, 5) is 16.5. The van der Waals surface area contributed by atoms with Gasteiger partial charge in [0.15, 0.2) is 0 Å². The van der Waals surface area contributed by atoms with Crippen LogP contribution in [0, 0.1) is 6.92 Å². The predicted molar refractivity (Wildman–Crippen MR) is 96.5 cm³/mol. The zero-order valence-corrected chi connectivity index (χ0v) is 15.4. The zero-order valence-electron chi connectivity index (χ0n) is 14.5. The first kappa shape index (κ1) is 16.4. The van der Waals surface area contributed by atoms with Crippen LogP contribution in [0.3, 0.4) is 0 Å². The van der Waals surface area contributed by atoms with Crippen molar-refractivity contribution < 1.29 is 0 Å². The van der Waals surface area contributed by atoms with Crippen molar-refractivity contribution in [1.82, 2.24) is 15.0 Å². The van der Waals surface area contributed by atoms with Gasteiger partial charge in [-0.2, -0.15) is 0 Å². The van der Waals surface area contributed by atoms with E-state index in [0.717, 1.165) is 36.8 Å². The van der Waals surface area contributed by atoms with E-state index in [9.17, 15) is 0 Å². The molecule has 1 atom stereocenters. The molecular formula is C18H26N4S. The Kier molecular flexibility index (Phi) is 4.95. The zero-order chi connectivity index (χ0) is 16.4. The lowest BCUT2D eigenvalue weighted by atomic mass is 9.98. The lowest BCUT2D eigenvalue weighted by Gasteiger charge is -2.33. The van der Waals surface area contributed by atoms with Crippen LogP contribution >= 0.6 is 11.3 Å². The minimum atomic E-state index is 0.510. The largest absolute Gasteiger partial charge is 0.356 e. The number of piperidine rings is 1. The fourth-order valence-corrected chi connectivity index (χ4v) is 4.20. The summed E-state index contributed by atoms with van der Waals surface area (Å²) in [5.41, 5.74) is 2.36. The lowest BCUT2D eigenvalue weighted by molar-refractivity contribution is 0.503. The van der Waals surface area contributed by atoms with Crippen molar-refractivity contribution in [3.63, 3.8) is 0 Å². The Morgan fingerprint density at radius 1 is 1.30 bits per heavy atom. The fraction of sp³-hybridized carbons (Fsp3) is 0.611. The van der Waals surface area contributed by atoms with Crippen LogP contribution < -0.4 is 4.90 Å². The Labute approximate surface area is 143 Å². The first-order chi connectivity index (χ1) is 11.1. The monoisotopic (exact) mass is 330 g/mol. The Balaban J connectivity index is 1.79. The van der Waals surface area contributed by atoms with Crippen molar-refractivity contribution in [2.45, 2.75) is 58.8 Å². The Morgan fingerprint density at radius 2 is 2.13 bits per heavy atom. The number of aromatic nitrogens is 3. The van der Waals surface area contributed by atoms with Crippen LogP contribution in [0.15, 0.2) is 11.4 Å². The third-order valence-electron chi connectivity index (χ3n) is 4.47. The summed E-state index contributed by atoms with van der Waals surface area (Å²) in [5, 5.41) is 3.52. The van der Waals surface area contributed by atoms with Gasteiger partial charge in [-0.15, -0.1) is 11.3 Å². The molecule has 0 saturated carbocycles. The lowest BCUT2D eigenvalue weighted by Crippen LogP contribution is -2.35. The Bertz CT molecular complexity index is 665. The van der Waals surface area contributed by atoms with Crippen LogP contribution in [0.5, 0.6) is 0 Å². The third kappa shape index (κ3) is 3.71. The average molecular weight is 331 g/mol. The third-order valence-corrected chi connectivity index (χ3v) is 5.49. The minimum Gasteiger partial charge on any atom is -0.356 e. The summed E-state index contributed by atoms with van der Waals surface area (Å²) in [6.07, 6.45) is 3.38. The fourth-order valence-electron chi connectivity index (χ4n) is 3.10. The van der Waals surface area contributed by atoms with E-state index >= 15 is 0 Å². The number of thiazole rings is 1. The van der Waals surface area contributed by atoms with Crippen LogP contribution in [0.4, 0.5) is 5.82 Å². The molecule has 1 aliphatic heterocycles. The summed E-state index contributed by atoms with van der Waals surface area (Å²) >= 11 is 1.82. The summed E-state index contributed by atoms with van der Waals surface area (Å²) in [6, 6.07) is 2.15. The van der Waals surface area contributed by atoms with Gasteiger partial charge in [-0.3, -0.25) is 0 Å². The van der Waals surface area contributed by atoms with Gasteiger partial charge in [0.05, 0.1) is 10.7 Å². The molecule has 0 spiro atoms. The van der Waals surface area contributed by atoms with Gasteiger partial charge in [-0.1, -0.05) is 20.8 Å². The number of hydrogen-bond acceptors (Lipinski definition) is 5. The molecule has 0 radical (unpaired) electrons. The highest BCUT2D eigenvalue weighted by Crippen LogP contribution is 2.32. The SMILES string of the molecule is CCc1cc(N2CCCC(c3nc(C(C)C)cs3)C2)nc(C)n1. The second-order valence-electron chi connectivity index (χ2n) is 6.67. The van der Waals surface area contributed by atoms with E-state index in [1.165, 1.54) is 23.5 Å². The van der Waals surface area contributed by atoms with Gasteiger partial charge in [0.2, 0.25) is 0 Å². The second kappa shape index (κ2) is 6.95. The molecule has 0 aliphatic carbocycles. The quantitative estimate of drug-likeness (QED) is 0.837. The molecule has 23 heavy (non-hydrogen) atoms. The molecule has 4 nitrogen and oxygen atoms in total. The molecule has 0 aromatic carbocycles. The number of anilines is 1. The molecule has 124 valence electrons. The summed E-state index contributed by atoms with van der Waals surface area (Å²) < 4.78 is 0. The van der Waals surface area contributed by atoms with E-state index in [2.05, 4.69) is 47.1 Å². The number of hydrogen-bond donors (Lipinski definition) is 0. The van der Waals surface area contributed by atoms with Crippen molar-refractivity contribution in [3.05, 3.63) is 33.7 Å². The van der Waals surface area contributed by atoms with Crippen LogP contribution in [-0.2, 0) is 6.42 Å². The molecule has 0 N–H and O–H groups in total. The van der Waals surface area contributed by atoms with Gasteiger partial charge >= 0.3 is 0 Å². The molecule has 2 aromatic rings. The van der Waals surface area contributed by atoms with Gasteiger partial charge in [-0.25, -0.2) is 15.0 Å². The van der Waals surface area contributed by atoms with E-state index in [1.54, 1.807) is 0 Å². The van der Waals surface area contributed by atoms with Crippen LogP contribution in [0.2, 0.25) is 0 Å². The summed E-state index contributed by atoms with van der Waals surface area (Å²) in [7, 11) is 0. The summed E-state index contributed by atoms with van der Waals surface area (Å²) in [5.74, 6) is 3.00. The molecule has 2 aromatic heterocycles. The molecule has 1 aliphatic rings. The molecule has 0 amide bonds.